The number of carboxylic acids is 1. The van der Waals surface area contributed by atoms with Crippen molar-refractivity contribution < 1.29 is 37.7 Å². The largest absolute Gasteiger partial charge is 0.507 e. The first-order valence-corrected chi connectivity index (χ1v) is 9.62. The smallest absolute Gasteiger partial charge is 0.419 e. The molecule has 0 atom stereocenters. The Morgan fingerprint density at radius 2 is 1.97 bits per heavy atom. The number of benzene rings is 2. The molecule has 0 spiro atoms. The van der Waals surface area contributed by atoms with Crippen molar-refractivity contribution in [3.05, 3.63) is 58.7 Å². The number of aliphatic carboxylic acids is 1. The molecular formula is C22H20F3NO5. The third kappa shape index (κ3) is 4.77. The summed E-state index contributed by atoms with van der Waals surface area (Å²) < 4.78 is 50.1. The average Bonchev–Trinajstić information content (AvgIpc) is 2.68. The van der Waals surface area contributed by atoms with E-state index in [1.807, 2.05) is 11.0 Å². The van der Waals surface area contributed by atoms with Crippen LogP contribution in [0.2, 0.25) is 0 Å². The summed E-state index contributed by atoms with van der Waals surface area (Å²) in [6, 6.07) is 8.43. The van der Waals surface area contributed by atoms with Crippen molar-refractivity contribution in [3.63, 3.8) is 0 Å². The van der Waals surface area contributed by atoms with Gasteiger partial charge in [0.1, 0.15) is 30.5 Å². The van der Waals surface area contributed by atoms with Crippen LogP contribution in [0.4, 0.5) is 13.2 Å². The van der Waals surface area contributed by atoms with E-state index in [4.69, 9.17) is 14.6 Å². The molecule has 0 saturated carbocycles. The lowest BCUT2D eigenvalue weighted by molar-refractivity contribution is -0.147. The fraction of sp³-hybridized carbons (Fsp3) is 0.318. The van der Waals surface area contributed by atoms with Crippen LogP contribution in [-0.4, -0.2) is 47.3 Å². The summed E-state index contributed by atoms with van der Waals surface area (Å²) in [6.07, 6.45) is -2.65. The van der Waals surface area contributed by atoms with Gasteiger partial charge in [-0.2, -0.15) is 13.2 Å². The van der Waals surface area contributed by atoms with Gasteiger partial charge in [0.2, 0.25) is 0 Å². The van der Waals surface area contributed by atoms with E-state index in [9.17, 15) is 23.1 Å². The van der Waals surface area contributed by atoms with Gasteiger partial charge in [-0.15, -0.1) is 0 Å². The zero-order valence-corrected chi connectivity index (χ0v) is 16.4. The molecule has 2 aliphatic heterocycles. The van der Waals surface area contributed by atoms with E-state index in [1.165, 1.54) is 6.07 Å². The highest BCUT2D eigenvalue weighted by molar-refractivity contribution is 5.71. The van der Waals surface area contributed by atoms with E-state index in [2.05, 4.69) is 0 Å². The Labute approximate surface area is 176 Å². The van der Waals surface area contributed by atoms with E-state index in [0.717, 1.165) is 23.3 Å². The molecule has 2 N–H and O–H groups in total. The number of phenols is 1. The molecule has 2 aromatic carbocycles. The lowest BCUT2D eigenvalue weighted by atomic mass is 9.98. The molecule has 2 aliphatic rings. The molecule has 0 amide bonds. The van der Waals surface area contributed by atoms with Gasteiger partial charge in [0.05, 0.1) is 11.5 Å². The van der Waals surface area contributed by atoms with Gasteiger partial charge in [0, 0.05) is 31.3 Å². The first-order chi connectivity index (χ1) is 14.7. The molecule has 164 valence electrons. The van der Waals surface area contributed by atoms with Crippen molar-refractivity contribution in [3.8, 4) is 17.2 Å². The monoisotopic (exact) mass is 435 g/mol. The Morgan fingerprint density at radius 3 is 2.68 bits per heavy atom. The Bertz CT molecular complexity index is 1030. The normalized spacial score (nSPS) is 16.7. The van der Waals surface area contributed by atoms with Gasteiger partial charge in [0.25, 0.3) is 0 Å². The predicted molar refractivity (Wildman–Crippen MR) is 105 cm³/mol. The minimum Gasteiger partial charge on any atom is -0.507 e. The Morgan fingerprint density at radius 1 is 1.19 bits per heavy atom. The first kappa shape index (κ1) is 21.0. The number of phenolic OH excluding ortho intramolecular Hbond substituents is 1. The number of halogens is 3. The molecule has 0 bridgehead atoms. The highest BCUT2D eigenvalue weighted by atomic mass is 19.4. The summed E-state index contributed by atoms with van der Waals surface area (Å²) in [7, 11) is 0. The highest BCUT2D eigenvalue weighted by Crippen LogP contribution is 2.36. The molecule has 1 saturated heterocycles. The summed E-state index contributed by atoms with van der Waals surface area (Å²) in [6.45, 7) is 1.98. The number of rotatable bonds is 6. The van der Waals surface area contributed by atoms with Crippen LogP contribution in [0, 0.1) is 5.92 Å². The Kier molecular flexibility index (Phi) is 5.53. The molecule has 1 fully saturated rings. The number of carboxylic acid groups (broad SMARTS) is 1. The van der Waals surface area contributed by atoms with E-state index in [0.29, 0.717) is 37.7 Å². The van der Waals surface area contributed by atoms with Crippen LogP contribution >= 0.6 is 0 Å². The summed E-state index contributed by atoms with van der Waals surface area (Å²) in [5, 5.41) is 18.4. The third-order valence-corrected chi connectivity index (χ3v) is 5.26. The molecule has 0 radical (unpaired) electrons. The van der Waals surface area contributed by atoms with Gasteiger partial charge in [-0.25, -0.2) is 0 Å². The van der Waals surface area contributed by atoms with Crippen molar-refractivity contribution in [2.24, 2.45) is 5.92 Å². The van der Waals surface area contributed by atoms with Gasteiger partial charge in [-0.1, -0.05) is 6.07 Å². The summed E-state index contributed by atoms with van der Waals surface area (Å²) >= 11 is 0. The van der Waals surface area contributed by atoms with Gasteiger partial charge < -0.3 is 19.7 Å². The molecule has 9 heteroatoms. The van der Waals surface area contributed by atoms with Crippen LogP contribution in [0.15, 0.2) is 42.0 Å². The Hall–Kier alpha value is -3.20. The predicted octanol–water partition coefficient (Wildman–Crippen LogP) is 3.78. The first-order valence-electron chi connectivity index (χ1n) is 9.62. The van der Waals surface area contributed by atoms with Crippen LogP contribution in [0.3, 0.4) is 0 Å². The van der Waals surface area contributed by atoms with Crippen molar-refractivity contribution in [1.82, 2.24) is 4.90 Å². The van der Waals surface area contributed by atoms with Gasteiger partial charge in [-0.3, -0.25) is 9.69 Å². The number of alkyl halides is 3. The van der Waals surface area contributed by atoms with E-state index in [1.54, 1.807) is 18.2 Å². The van der Waals surface area contributed by atoms with Crippen molar-refractivity contribution in [2.75, 3.05) is 26.2 Å². The number of likely N-dealkylation sites (tertiary alicyclic amines) is 1. The van der Waals surface area contributed by atoms with Crippen LogP contribution in [0.1, 0.15) is 16.7 Å². The van der Waals surface area contributed by atoms with Crippen molar-refractivity contribution in [1.29, 1.82) is 0 Å². The van der Waals surface area contributed by atoms with Crippen LogP contribution < -0.4 is 9.47 Å². The summed E-state index contributed by atoms with van der Waals surface area (Å²) in [5.41, 5.74) is 1.07. The van der Waals surface area contributed by atoms with Crippen LogP contribution in [0.25, 0.3) is 6.08 Å². The SMILES string of the molecule is O=C(O)C1CN(CC2=Cc3ccc(OCc4ccc(O)c(C(F)(F)F)c4)cc3OC2)C1. The summed E-state index contributed by atoms with van der Waals surface area (Å²) in [5.74, 6) is -0.847. The number of hydrogen-bond donors (Lipinski definition) is 2. The number of ether oxygens (including phenoxy) is 2. The quantitative estimate of drug-likeness (QED) is 0.719. The number of nitrogens with zero attached hydrogens (tertiary/aromatic N) is 1. The Balaban J connectivity index is 1.38. The van der Waals surface area contributed by atoms with E-state index in [-0.39, 0.29) is 18.1 Å². The fourth-order valence-corrected chi connectivity index (χ4v) is 3.58. The zero-order chi connectivity index (χ0) is 22.2. The maximum atomic E-state index is 12.9. The minimum atomic E-state index is -4.64. The minimum absolute atomic E-state index is 0.0943. The van der Waals surface area contributed by atoms with E-state index < -0.39 is 23.5 Å². The highest BCUT2D eigenvalue weighted by Gasteiger charge is 2.34. The number of fused-ring (bicyclic) bond motifs is 1. The molecule has 31 heavy (non-hydrogen) atoms. The molecule has 0 aromatic heterocycles. The standard InChI is InChI=1S/C22H20F3NO5/c23-22(24,25)18-6-13(1-4-19(18)27)11-30-17-3-2-15-5-14(12-31-20(15)7-17)8-26-9-16(10-26)21(28)29/h1-7,16,27H,8-12H2,(H,28,29). The van der Waals surface area contributed by atoms with E-state index >= 15 is 0 Å². The van der Waals surface area contributed by atoms with Crippen LogP contribution in [0.5, 0.6) is 17.2 Å². The maximum Gasteiger partial charge on any atom is 0.419 e. The van der Waals surface area contributed by atoms with Gasteiger partial charge >= 0.3 is 12.1 Å². The summed E-state index contributed by atoms with van der Waals surface area (Å²) in [4.78, 5) is 12.9. The second-order valence-corrected chi connectivity index (χ2v) is 7.66. The van der Waals surface area contributed by atoms with Crippen molar-refractivity contribution in [2.45, 2.75) is 12.8 Å². The molecule has 2 heterocycles. The molecule has 6 nitrogen and oxygen atoms in total. The number of carbonyl (C=O) groups is 1. The second kappa shape index (κ2) is 8.14. The lowest BCUT2D eigenvalue weighted by Gasteiger charge is -2.37. The van der Waals surface area contributed by atoms with Gasteiger partial charge in [0.15, 0.2) is 0 Å². The van der Waals surface area contributed by atoms with Crippen LogP contribution in [-0.2, 0) is 17.6 Å². The molecule has 0 unspecified atom stereocenters. The molecule has 4 rings (SSSR count). The molecular weight excluding hydrogens is 415 g/mol. The maximum absolute atomic E-state index is 12.9. The topological polar surface area (TPSA) is 79.2 Å². The lowest BCUT2D eigenvalue weighted by Crippen LogP contribution is -2.51. The average molecular weight is 435 g/mol. The third-order valence-electron chi connectivity index (χ3n) is 5.26. The molecule has 2 aromatic rings. The number of hydrogen-bond acceptors (Lipinski definition) is 5. The number of aromatic hydroxyl groups is 1. The molecule has 0 aliphatic carbocycles. The van der Waals surface area contributed by atoms with Crippen molar-refractivity contribution >= 4 is 12.0 Å². The fourth-order valence-electron chi connectivity index (χ4n) is 3.58. The van der Waals surface area contributed by atoms with Gasteiger partial charge in [-0.05, 0) is 41.5 Å². The second-order valence-electron chi connectivity index (χ2n) is 7.66. The zero-order valence-electron chi connectivity index (χ0n) is 16.4.